The zero-order chi connectivity index (χ0) is 14.1. The average molecular weight is 278 g/mol. The van der Waals surface area contributed by atoms with Crippen LogP contribution >= 0.6 is 0 Å². The van der Waals surface area contributed by atoms with E-state index in [2.05, 4.69) is 24.1 Å². The van der Waals surface area contributed by atoms with Crippen LogP contribution < -0.4 is 5.32 Å². The van der Waals surface area contributed by atoms with Gasteiger partial charge in [0, 0.05) is 19.1 Å². The number of likely N-dealkylation sites (tertiary alicyclic amines) is 1. The molecule has 0 amide bonds. The van der Waals surface area contributed by atoms with Gasteiger partial charge in [-0.05, 0) is 62.4 Å². The van der Waals surface area contributed by atoms with E-state index in [4.69, 9.17) is 0 Å². The van der Waals surface area contributed by atoms with Crippen molar-refractivity contribution < 1.29 is 0 Å². The molecule has 1 N–H and O–H groups in total. The van der Waals surface area contributed by atoms with E-state index < -0.39 is 0 Å². The van der Waals surface area contributed by atoms with Crippen molar-refractivity contribution in [3.8, 4) is 0 Å². The smallest absolute Gasteiger partial charge is 0.00684 e. The topological polar surface area (TPSA) is 15.3 Å². The third-order valence-electron chi connectivity index (χ3n) is 5.93. The van der Waals surface area contributed by atoms with E-state index in [-0.39, 0.29) is 0 Å². The van der Waals surface area contributed by atoms with Crippen molar-refractivity contribution in [3.05, 3.63) is 0 Å². The van der Waals surface area contributed by atoms with Crippen LogP contribution in [0.15, 0.2) is 0 Å². The van der Waals surface area contributed by atoms with E-state index in [1.165, 1.54) is 84.0 Å². The highest BCUT2D eigenvalue weighted by atomic mass is 15.1. The summed E-state index contributed by atoms with van der Waals surface area (Å²) >= 11 is 0. The van der Waals surface area contributed by atoms with Gasteiger partial charge in [0.25, 0.3) is 0 Å². The first-order valence-corrected chi connectivity index (χ1v) is 9.03. The fourth-order valence-corrected chi connectivity index (χ4v) is 4.36. The summed E-state index contributed by atoms with van der Waals surface area (Å²) in [6.07, 6.45) is 13.3. The summed E-state index contributed by atoms with van der Waals surface area (Å²) in [5, 5.41) is 3.72. The minimum Gasteiger partial charge on any atom is -0.313 e. The quantitative estimate of drug-likeness (QED) is 0.822. The molecule has 0 radical (unpaired) electrons. The second-order valence-electron chi connectivity index (χ2n) is 8.66. The van der Waals surface area contributed by atoms with Crippen LogP contribution in [0.3, 0.4) is 0 Å². The number of nitrogens with zero attached hydrogens (tertiary/aromatic N) is 1. The molecule has 3 rings (SSSR count). The first-order chi connectivity index (χ1) is 9.57. The first kappa shape index (κ1) is 14.8. The summed E-state index contributed by atoms with van der Waals surface area (Å²) in [5.41, 5.74) is 1.19. The van der Waals surface area contributed by atoms with Gasteiger partial charge >= 0.3 is 0 Å². The van der Waals surface area contributed by atoms with E-state index in [1.807, 2.05) is 0 Å². The largest absolute Gasteiger partial charge is 0.313 e. The van der Waals surface area contributed by atoms with Crippen LogP contribution in [0.25, 0.3) is 0 Å². The second-order valence-corrected chi connectivity index (χ2v) is 8.66. The molecule has 1 heterocycles. The Hall–Kier alpha value is -0.0800. The normalized spacial score (nSPS) is 27.9. The predicted octanol–water partition coefficient (Wildman–Crippen LogP) is 3.81. The maximum Gasteiger partial charge on any atom is 0.00684 e. The Labute approximate surface area is 125 Å². The molecule has 3 fully saturated rings. The second kappa shape index (κ2) is 5.96. The lowest BCUT2D eigenvalue weighted by Crippen LogP contribution is -2.47. The summed E-state index contributed by atoms with van der Waals surface area (Å²) in [6, 6.07) is 0.848. The summed E-state index contributed by atoms with van der Waals surface area (Å²) in [4.78, 5) is 2.74. The lowest BCUT2D eigenvalue weighted by Gasteiger charge is -2.46. The molecule has 1 saturated heterocycles. The summed E-state index contributed by atoms with van der Waals surface area (Å²) in [5.74, 6) is 0. The summed E-state index contributed by atoms with van der Waals surface area (Å²) in [7, 11) is 0. The molecule has 0 bridgehead atoms. The molecule has 0 aromatic carbocycles. The number of nitrogens with one attached hydrogen (secondary N) is 1. The number of rotatable bonds is 5. The molecule has 2 saturated carbocycles. The van der Waals surface area contributed by atoms with Gasteiger partial charge in [-0.15, -0.1) is 0 Å². The molecule has 0 aromatic heterocycles. The lowest BCUT2D eigenvalue weighted by molar-refractivity contribution is 0.0484. The predicted molar refractivity (Wildman–Crippen MR) is 86.0 cm³/mol. The molecule has 3 aliphatic rings. The molecule has 0 unspecified atom stereocenters. The Morgan fingerprint density at radius 2 is 1.65 bits per heavy atom. The van der Waals surface area contributed by atoms with Crippen LogP contribution in [-0.2, 0) is 0 Å². The third-order valence-corrected chi connectivity index (χ3v) is 5.93. The molecule has 2 nitrogen and oxygen atoms in total. The highest BCUT2D eigenvalue weighted by molar-refractivity contribution is 4.90. The Balaban J connectivity index is 1.42. The molecule has 1 aliphatic heterocycles. The van der Waals surface area contributed by atoms with Gasteiger partial charge in [-0.1, -0.05) is 33.1 Å². The molecule has 2 aliphatic carbocycles. The van der Waals surface area contributed by atoms with Crippen LogP contribution in [0.5, 0.6) is 0 Å². The van der Waals surface area contributed by atoms with Gasteiger partial charge in [-0.3, -0.25) is 0 Å². The van der Waals surface area contributed by atoms with Crippen molar-refractivity contribution >= 4 is 0 Å². The standard InChI is InChI=1S/C18H34N2/c1-17(2,14-19-16-6-7-16)15-20-12-10-18(11-13-20)8-4-3-5-9-18/h16,19H,3-15H2,1-2H3. The number of hydrogen-bond acceptors (Lipinski definition) is 2. The maximum absolute atomic E-state index is 3.72. The third kappa shape index (κ3) is 3.98. The van der Waals surface area contributed by atoms with Crippen LogP contribution in [-0.4, -0.2) is 37.1 Å². The Morgan fingerprint density at radius 3 is 2.25 bits per heavy atom. The maximum atomic E-state index is 3.72. The van der Waals surface area contributed by atoms with E-state index in [1.54, 1.807) is 0 Å². The Morgan fingerprint density at radius 1 is 1.00 bits per heavy atom. The Bertz CT molecular complexity index is 303. The van der Waals surface area contributed by atoms with Crippen molar-refractivity contribution in [1.82, 2.24) is 10.2 Å². The first-order valence-electron chi connectivity index (χ1n) is 9.03. The monoisotopic (exact) mass is 278 g/mol. The lowest BCUT2D eigenvalue weighted by atomic mass is 9.68. The molecular formula is C18H34N2. The minimum atomic E-state index is 0.430. The van der Waals surface area contributed by atoms with Crippen LogP contribution in [0.2, 0.25) is 0 Å². The minimum absolute atomic E-state index is 0.430. The van der Waals surface area contributed by atoms with E-state index in [0.717, 1.165) is 11.5 Å². The van der Waals surface area contributed by atoms with Crippen molar-refractivity contribution in [2.75, 3.05) is 26.2 Å². The molecule has 0 atom stereocenters. The van der Waals surface area contributed by atoms with Gasteiger partial charge < -0.3 is 10.2 Å². The van der Waals surface area contributed by atoms with Crippen LogP contribution in [0.1, 0.15) is 71.6 Å². The van der Waals surface area contributed by atoms with Crippen molar-refractivity contribution in [3.63, 3.8) is 0 Å². The Kier molecular flexibility index (Phi) is 4.42. The highest BCUT2D eigenvalue weighted by Crippen LogP contribution is 2.44. The molecule has 20 heavy (non-hydrogen) atoms. The molecule has 116 valence electrons. The van der Waals surface area contributed by atoms with Gasteiger partial charge in [0.1, 0.15) is 0 Å². The summed E-state index contributed by atoms with van der Waals surface area (Å²) in [6.45, 7) is 10.1. The molecular weight excluding hydrogens is 244 g/mol. The molecule has 0 aromatic rings. The van der Waals surface area contributed by atoms with Gasteiger partial charge in [0.05, 0.1) is 0 Å². The number of hydrogen-bond donors (Lipinski definition) is 1. The van der Waals surface area contributed by atoms with Crippen molar-refractivity contribution in [2.45, 2.75) is 77.7 Å². The van der Waals surface area contributed by atoms with Gasteiger partial charge in [-0.25, -0.2) is 0 Å². The zero-order valence-corrected chi connectivity index (χ0v) is 13.7. The van der Waals surface area contributed by atoms with Gasteiger partial charge in [0.2, 0.25) is 0 Å². The van der Waals surface area contributed by atoms with Gasteiger partial charge in [-0.2, -0.15) is 0 Å². The van der Waals surface area contributed by atoms with Crippen molar-refractivity contribution in [1.29, 1.82) is 0 Å². The van der Waals surface area contributed by atoms with E-state index >= 15 is 0 Å². The molecule has 2 heteroatoms. The van der Waals surface area contributed by atoms with E-state index in [9.17, 15) is 0 Å². The number of piperidine rings is 1. The fraction of sp³-hybridized carbons (Fsp3) is 1.00. The average Bonchev–Trinajstić information content (AvgIpc) is 3.25. The summed E-state index contributed by atoms with van der Waals surface area (Å²) < 4.78 is 0. The SMILES string of the molecule is CC(C)(CNC1CC1)CN1CCC2(CCCCC2)CC1. The van der Waals surface area contributed by atoms with Crippen LogP contribution in [0.4, 0.5) is 0 Å². The van der Waals surface area contributed by atoms with E-state index in [0.29, 0.717) is 5.41 Å². The van der Waals surface area contributed by atoms with Crippen LogP contribution in [0, 0.1) is 10.8 Å². The fourth-order valence-electron chi connectivity index (χ4n) is 4.36. The molecule has 1 spiro atoms. The zero-order valence-electron chi connectivity index (χ0n) is 13.7. The van der Waals surface area contributed by atoms with Crippen molar-refractivity contribution in [2.24, 2.45) is 10.8 Å². The highest BCUT2D eigenvalue weighted by Gasteiger charge is 2.36. The van der Waals surface area contributed by atoms with Gasteiger partial charge in [0.15, 0.2) is 0 Å².